The van der Waals surface area contributed by atoms with E-state index in [1.54, 1.807) is 30.3 Å². The number of nitrogens with zero attached hydrogens (tertiary/aromatic N) is 1. The molecule has 0 atom stereocenters. The number of amides is 2. The van der Waals surface area contributed by atoms with E-state index in [2.05, 4.69) is 21.7 Å². The first-order valence-electron chi connectivity index (χ1n) is 7.71. The summed E-state index contributed by atoms with van der Waals surface area (Å²) < 4.78 is 0. The first-order valence-corrected chi connectivity index (χ1v) is 8.08. The molecule has 1 aliphatic carbocycles. The summed E-state index contributed by atoms with van der Waals surface area (Å²) in [6, 6.07) is 12.3. The standard InChI is InChI=1S/C18H18ClN3O/c19-14-9-11-15(12-10-14)20-18(23)22-17-8-4-7-16(21-17)13-5-2-1-3-6-13/h4-5,7-12H,1-3,6H2,(H2,20,21,22,23). The fourth-order valence-corrected chi connectivity index (χ4v) is 2.69. The monoisotopic (exact) mass is 327 g/mol. The van der Waals surface area contributed by atoms with Crippen LogP contribution in [0.3, 0.4) is 0 Å². The van der Waals surface area contributed by atoms with Gasteiger partial charge in [-0.15, -0.1) is 0 Å². The Bertz CT molecular complexity index is 725. The van der Waals surface area contributed by atoms with Crippen molar-refractivity contribution >= 4 is 34.7 Å². The van der Waals surface area contributed by atoms with Crippen LogP contribution in [-0.2, 0) is 0 Å². The molecular weight excluding hydrogens is 310 g/mol. The molecule has 1 aromatic heterocycles. The van der Waals surface area contributed by atoms with Crippen LogP contribution in [0.25, 0.3) is 5.57 Å². The molecule has 2 N–H and O–H groups in total. The molecule has 0 saturated heterocycles. The van der Waals surface area contributed by atoms with Gasteiger partial charge in [-0.1, -0.05) is 23.7 Å². The van der Waals surface area contributed by atoms with Crippen LogP contribution in [0.2, 0.25) is 5.02 Å². The number of nitrogens with one attached hydrogen (secondary N) is 2. The molecule has 2 amide bonds. The number of allylic oxidation sites excluding steroid dienone is 2. The predicted octanol–water partition coefficient (Wildman–Crippen LogP) is 5.34. The minimum absolute atomic E-state index is 0.324. The maximum absolute atomic E-state index is 12.0. The molecule has 1 aliphatic rings. The topological polar surface area (TPSA) is 54.0 Å². The third kappa shape index (κ3) is 4.33. The van der Waals surface area contributed by atoms with E-state index in [9.17, 15) is 4.79 Å². The highest BCUT2D eigenvalue weighted by Crippen LogP contribution is 2.26. The van der Waals surface area contributed by atoms with E-state index in [1.807, 2.05) is 12.1 Å². The van der Waals surface area contributed by atoms with Gasteiger partial charge < -0.3 is 5.32 Å². The number of pyridine rings is 1. The second-order valence-electron chi connectivity index (χ2n) is 5.47. The van der Waals surface area contributed by atoms with Crippen molar-refractivity contribution in [3.05, 3.63) is 59.3 Å². The first kappa shape index (κ1) is 15.6. The molecule has 4 nitrogen and oxygen atoms in total. The third-order valence-corrected chi connectivity index (χ3v) is 3.96. The van der Waals surface area contributed by atoms with Crippen LogP contribution in [0.1, 0.15) is 31.4 Å². The van der Waals surface area contributed by atoms with Crippen molar-refractivity contribution in [2.75, 3.05) is 10.6 Å². The van der Waals surface area contributed by atoms with Gasteiger partial charge in [-0.25, -0.2) is 9.78 Å². The van der Waals surface area contributed by atoms with Crippen LogP contribution in [0.5, 0.6) is 0 Å². The Morgan fingerprint density at radius 2 is 1.87 bits per heavy atom. The zero-order valence-electron chi connectivity index (χ0n) is 12.7. The zero-order chi connectivity index (χ0) is 16.1. The molecule has 2 aromatic rings. The second-order valence-corrected chi connectivity index (χ2v) is 5.91. The summed E-state index contributed by atoms with van der Waals surface area (Å²) >= 11 is 5.83. The molecule has 0 bridgehead atoms. The number of anilines is 2. The van der Waals surface area contributed by atoms with Crippen LogP contribution in [0.4, 0.5) is 16.3 Å². The lowest BCUT2D eigenvalue weighted by Crippen LogP contribution is -2.20. The highest BCUT2D eigenvalue weighted by Gasteiger charge is 2.09. The fourth-order valence-electron chi connectivity index (χ4n) is 2.57. The Balaban J connectivity index is 1.66. The van der Waals surface area contributed by atoms with Gasteiger partial charge in [0.15, 0.2) is 0 Å². The van der Waals surface area contributed by atoms with Gasteiger partial charge in [0.05, 0.1) is 5.69 Å². The zero-order valence-corrected chi connectivity index (χ0v) is 13.4. The summed E-state index contributed by atoms with van der Waals surface area (Å²) in [4.78, 5) is 16.6. The van der Waals surface area contributed by atoms with Gasteiger partial charge in [0.1, 0.15) is 5.82 Å². The molecule has 0 fully saturated rings. The van der Waals surface area contributed by atoms with Gasteiger partial charge in [-0.05, 0) is 67.7 Å². The van der Waals surface area contributed by atoms with E-state index in [1.165, 1.54) is 18.4 Å². The van der Waals surface area contributed by atoms with Gasteiger partial charge >= 0.3 is 6.03 Å². The number of aromatic nitrogens is 1. The van der Waals surface area contributed by atoms with Gasteiger partial charge in [0.25, 0.3) is 0 Å². The molecule has 3 rings (SSSR count). The Labute approximate surface area is 140 Å². The predicted molar refractivity (Wildman–Crippen MR) is 94.8 cm³/mol. The highest BCUT2D eigenvalue weighted by atomic mass is 35.5. The van der Waals surface area contributed by atoms with Gasteiger partial charge in [0.2, 0.25) is 0 Å². The van der Waals surface area contributed by atoms with E-state index in [0.29, 0.717) is 16.5 Å². The minimum atomic E-state index is -0.324. The lowest BCUT2D eigenvalue weighted by Gasteiger charge is -2.13. The summed E-state index contributed by atoms with van der Waals surface area (Å²) in [5.41, 5.74) is 2.88. The van der Waals surface area contributed by atoms with E-state index in [4.69, 9.17) is 11.6 Å². The van der Waals surface area contributed by atoms with Crippen LogP contribution >= 0.6 is 11.6 Å². The Morgan fingerprint density at radius 1 is 1.04 bits per heavy atom. The first-order chi connectivity index (χ1) is 11.2. The van der Waals surface area contributed by atoms with Gasteiger partial charge in [0, 0.05) is 10.7 Å². The molecular formula is C18H18ClN3O. The Kier molecular flexibility index (Phi) is 4.93. The molecule has 1 aromatic carbocycles. The third-order valence-electron chi connectivity index (χ3n) is 3.71. The van der Waals surface area contributed by atoms with E-state index in [0.717, 1.165) is 18.5 Å². The largest absolute Gasteiger partial charge is 0.324 e. The Hall–Kier alpha value is -2.33. The summed E-state index contributed by atoms with van der Waals surface area (Å²) in [6.45, 7) is 0. The summed E-state index contributed by atoms with van der Waals surface area (Å²) in [7, 11) is 0. The second kappa shape index (κ2) is 7.29. The number of hydrogen-bond acceptors (Lipinski definition) is 2. The highest BCUT2D eigenvalue weighted by molar-refractivity contribution is 6.30. The molecule has 118 valence electrons. The van der Waals surface area contributed by atoms with Crippen LogP contribution in [0.15, 0.2) is 48.5 Å². The van der Waals surface area contributed by atoms with Crippen molar-refractivity contribution in [2.24, 2.45) is 0 Å². The summed E-state index contributed by atoms with van der Waals surface area (Å²) in [6.07, 6.45) is 6.83. The van der Waals surface area contributed by atoms with Crippen molar-refractivity contribution in [2.45, 2.75) is 25.7 Å². The SMILES string of the molecule is O=C(Nc1ccc(Cl)cc1)Nc1cccc(C2=CCCCC2)n1. The van der Waals surface area contributed by atoms with Gasteiger partial charge in [-0.2, -0.15) is 0 Å². The van der Waals surface area contributed by atoms with Crippen LogP contribution in [-0.4, -0.2) is 11.0 Å². The van der Waals surface area contributed by atoms with Crippen molar-refractivity contribution in [1.82, 2.24) is 4.98 Å². The Morgan fingerprint density at radius 3 is 2.61 bits per heavy atom. The summed E-state index contributed by atoms with van der Waals surface area (Å²) in [5.74, 6) is 0.542. The van der Waals surface area contributed by atoms with E-state index < -0.39 is 0 Å². The molecule has 0 unspecified atom stereocenters. The van der Waals surface area contributed by atoms with Crippen molar-refractivity contribution in [1.29, 1.82) is 0 Å². The maximum Gasteiger partial charge on any atom is 0.324 e. The molecule has 5 heteroatoms. The van der Waals surface area contributed by atoms with E-state index >= 15 is 0 Å². The van der Waals surface area contributed by atoms with Gasteiger partial charge in [-0.3, -0.25) is 5.32 Å². The number of benzene rings is 1. The molecule has 0 spiro atoms. The number of halogens is 1. The van der Waals surface area contributed by atoms with Crippen molar-refractivity contribution in [3.63, 3.8) is 0 Å². The maximum atomic E-state index is 12.0. The molecule has 23 heavy (non-hydrogen) atoms. The number of carbonyl (C=O) groups is 1. The molecule has 0 saturated carbocycles. The average Bonchev–Trinajstić information content (AvgIpc) is 2.58. The molecule has 0 aliphatic heterocycles. The minimum Gasteiger partial charge on any atom is -0.308 e. The van der Waals surface area contributed by atoms with E-state index in [-0.39, 0.29) is 6.03 Å². The molecule has 1 heterocycles. The van der Waals surface area contributed by atoms with Crippen molar-refractivity contribution in [3.8, 4) is 0 Å². The average molecular weight is 328 g/mol. The number of carbonyl (C=O) groups excluding carboxylic acids is 1. The lowest BCUT2D eigenvalue weighted by molar-refractivity contribution is 0.262. The quantitative estimate of drug-likeness (QED) is 0.799. The normalized spacial score (nSPS) is 14.0. The van der Waals surface area contributed by atoms with Crippen LogP contribution in [0, 0.1) is 0 Å². The van der Waals surface area contributed by atoms with Crippen molar-refractivity contribution < 1.29 is 4.79 Å². The number of urea groups is 1. The smallest absolute Gasteiger partial charge is 0.308 e. The van der Waals surface area contributed by atoms with Crippen LogP contribution < -0.4 is 10.6 Å². The fraction of sp³-hybridized carbons (Fsp3) is 0.222. The number of hydrogen-bond donors (Lipinski definition) is 2. The molecule has 0 radical (unpaired) electrons. The lowest BCUT2D eigenvalue weighted by atomic mass is 9.97. The summed E-state index contributed by atoms with van der Waals surface area (Å²) in [5, 5.41) is 6.15. The number of rotatable bonds is 3.